The van der Waals surface area contributed by atoms with Crippen molar-refractivity contribution >= 4 is 43.4 Å². The van der Waals surface area contributed by atoms with E-state index < -0.39 is 23.0 Å². The van der Waals surface area contributed by atoms with Gasteiger partial charge in [0.2, 0.25) is 0 Å². The smallest absolute Gasteiger partial charge is 0.410 e. The van der Waals surface area contributed by atoms with Crippen LogP contribution in [0.2, 0.25) is 0 Å². The van der Waals surface area contributed by atoms with Crippen molar-refractivity contribution in [1.82, 2.24) is 19.4 Å². The van der Waals surface area contributed by atoms with Gasteiger partial charge in [-0.25, -0.2) is 24.0 Å². The van der Waals surface area contributed by atoms with E-state index in [-0.39, 0.29) is 6.09 Å². The molecule has 46 heavy (non-hydrogen) atoms. The highest BCUT2D eigenvalue weighted by molar-refractivity contribution is 7.25. The summed E-state index contributed by atoms with van der Waals surface area (Å²) < 4.78 is 28.8. The molecule has 1 fully saturated rings. The highest BCUT2D eigenvalue weighted by atomic mass is 32.1. The molecule has 1 atom stereocenters. The van der Waals surface area contributed by atoms with Gasteiger partial charge in [-0.2, -0.15) is 0 Å². The number of hydrogen-bond acceptors (Lipinski definition) is 7. The number of piperidine rings is 1. The average Bonchev–Trinajstić information content (AvgIpc) is 3.40. The van der Waals surface area contributed by atoms with Crippen LogP contribution in [0.15, 0.2) is 65.7 Å². The molecule has 1 aliphatic heterocycles. The SMILES string of the molecule is [C-]#[N+]c1ccc2sc3c(cc(F)c(=O)n3[C@@H](C)c3cccc(-c4ncc(OCC5CCN(C(=O)OC(C)(C)C)CC5)cn4)c3)c2c1. The van der Waals surface area contributed by atoms with Gasteiger partial charge in [-0.1, -0.05) is 30.3 Å². The number of amides is 1. The molecule has 3 aromatic heterocycles. The molecule has 0 bridgehead atoms. The Morgan fingerprint density at radius 2 is 1.85 bits per heavy atom. The summed E-state index contributed by atoms with van der Waals surface area (Å²) in [6.07, 6.45) is 4.66. The van der Waals surface area contributed by atoms with Crippen LogP contribution in [0, 0.1) is 18.3 Å². The molecule has 0 radical (unpaired) electrons. The third kappa shape index (κ3) is 6.44. The number of pyridine rings is 1. The van der Waals surface area contributed by atoms with Crippen LogP contribution in [0.4, 0.5) is 14.9 Å². The van der Waals surface area contributed by atoms with Gasteiger partial charge in [-0.3, -0.25) is 9.36 Å². The second kappa shape index (κ2) is 12.5. The van der Waals surface area contributed by atoms with Gasteiger partial charge in [0, 0.05) is 28.7 Å². The lowest BCUT2D eigenvalue weighted by Gasteiger charge is -2.33. The Kier molecular flexibility index (Phi) is 8.49. The molecule has 6 rings (SSSR count). The second-order valence-electron chi connectivity index (χ2n) is 12.5. The predicted octanol–water partition coefficient (Wildman–Crippen LogP) is 8.00. The zero-order valence-electron chi connectivity index (χ0n) is 26.1. The minimum absolute atomic E-state index is 0.276. The monoisotopic (exact) mass is 639 g/mol. The van der Waals surface area contributed by atoms with E-state index in [2.05, 4.69) is 14.8 Å². The lowest BCUT2D eigenvalue weighted by Crippen LogP contribution is -2.42. The summed E-state index contributed by atoms with van der Waals surface area (Å²) in [5.74, 6) is 0.529. The fourth-order valence-electron chi connectivity index (χ4n) is 5.68. The van der Waals surface area contributed by atoms with Gasteiger partial charge in [0.1, 0.15) is 10.4 Å². The number of halogens is 1. The van der Waals surface area contributed by atoms with Crippen LogP contribution < -0.4 is 10.3 Å². The first kappa shape index (κ1) is 31.2. The van der Waals surface area contributed by atoms with E-state index in [1.54, 1.807) is 29.4 Å². The molecule has 1 saturated heterocycles. The lowest BCUT2D eigenvalue weighted by molar-refractivity contribution is 0.0165. The quantitative estimate of drug-likeness (QED) is 0.175. The molecule has 1 amide bonds. The molecule has 1 aliphatic rings. The zero-order chi connectivity index (χ0) is 32.6. The van der Waals surface area contributed by atoms with E-state index in [9.17, 15) is 14.0 Å². The van der Waals surface area contributed by atoms with Gasteiger partial charge >= 0.3 is 6.09 Å². The molecule has 0 unspecified atom stereocenters. The molecule has 9 nitrogen and oxygen atoms in total. The van der Waals surface area contributed by atoms with Gasteiger partial charge in [0.15, 0.2) is 23.1 Å². The van der Waals surface area contributed by atoms with Crippen molar-refractivity contribution in [3.63, 3.8) is 0 Å². The van der Waals surface area contributed by atoms with Crippen molar-refractivity contribution in [3.8, 4) is 17.1 Å². The highest BCUT2D eigenvalue weighted by Crippen LogP contribution is 2.37. The summed E-state index contributed by atoms with van der Waals surface area (Å²) in [7, 11) is 0. The fourth-order valence-corrected chi connectivity index (χ4v) is 6.92. The Labute approximate surface area is 270 Å². The first-order valence-corrected chi connectivity index (χ1v) is 16.0. The Bertz CT molecular complexity index is 2020. The van der Waals surface area contributed by atoms with Gasteiger partial charge < -0.3 is 14.4 Å². The third-order valence-electron chi connectivity index (χ3n) is 8.13. The maximum Gasteiger partial charge on any atom is 0.410 e. The number of ether oxygens (including phenoxy) is 2. The van der Waals surface area contributed by atoms with E-state index in [1.165, 1.54) is 22.0 Å². The number of aromatic nitrogens is 3. The number of hydrogen-bond donors (Lipinski definition) is 0. The number of carbonyl (C=O) groups is 1. The molecule has 2 aromatic carbocycles. The molecule has 0 saturated carbocycles. The first-order valence-electron chi connectivity index (χ1n) is 15.2. The van der Waals surface area contributed by atoms with Crippen LogP contribution >= 0.6 is 11.3 Å². The molecule has 0 N–H and O–H groups in total. The minimum Gasteiger partial charge on any atom is -0.490 e. The fraction of sp³-hybridized carbons (Fsp3) is 0.343. The van der Waals surface area contributed by atoms with Crippen molar-refractivity contribution in [3.05, 3.63) is 94.1 Å². The zero-order valence-corrected chi connectivity index (χ0v) is 26.9. The minimum atomic E-state index is -0.837. The summed E-state index contributed by atoms with van der Waals surface area (Å²) in [6.45, 7) is 16.6. The Balaban J connectivity index is 1.15. The summed E-state index contributed by atoms with van der Waals surface area (Å²) in [6, 6.07) is 13.7. The lowest BCUT2D eigenvalue weighted by atomic mass is 9.98. The molecule has 0 spiro atoms. The van der Waals surface area contributed by atoms with Crippen LogP contribution in [-0.4, -0.2) is 50.8 Å². The Hall–Kier alpha value is -4.82. The third-order valence-corrected chi connectivity index (χ3v) is 9.31. The molecular formula is C35H34FN5O4S. The molecule has 0 aliphatic carbocycles. The maximum absolute atomic E-state index is 15.0. The van der Waals surface area contributed by atoms with Crippen molar-refractivity contribution in [1.29, 1.82) is 0 Å². The number of benzene rings is 2. The summed E-state index contributed by atoms with van der Waals surface area (Å²) in [5, 5.41) is 1.36. The first-order chi connectivity index (χ1) is 22.0. The van der Waals surface area contributed by atoms with Crippen molar-refractivity contribution < 1.29 is 18.7 Å². The topological polar surface area (TPSA) is 90.9 Å². The molecule has 4 heterocycles. The van der Waals surface area contributed by atoms with E-state index >= 15 is 0 Å². The van der Waals surface area contributed by atoms with Gasteiger partial charge in [-0.15, -0.1) is 11.3 Å². The number of carbonyl (C=O) groups excluding carboxylic acids is 1. The molecule has 5 aromatic rings. The second-order valence-corrected chi connectivity index (χ2v) is 13.6. The Morgan fingerprint density at radius 3 is 2.54 bits per heavy atom. The molecule has 11 heteroatoms. The van der Waals surface area contributed by atoms with E-state index in [4.69, 9.17) is 16.0 Å². The van der Waals surface area contributed by atoms with Gasteiger partial charge in [-0.05, 0) is 75.6 Å². The van der Waals surface area contributed by atoms with Crippen LogP contribution in [0.25, 0.3) is 36.5 Å². The Morgan fingerprint density at radius 1 is 1.11 bits per heavy atom. The van der Waals surface area contributed by atoms with E-state index in [1.807, 2.05) is 58.0 Å². The number of nitrogens with zero attached hydrogens (tertiary/aromatic N) is 5. The summed E-state index contributed by atoms with van der Waals surface area (Å²) in [5.41, 5.74) is 0.803. The van der Waals surface area contributed by atoms with Crippen molar-refractivity contribution in [2.75, 3.05) is 19.7 Å². The standard InChI is InChI=1S/C35H34FN5O4S/c1-21(41-32(42)29(36)17-28-27-16-25(37-5)9-10-30(27)46-33(28)41)23-7-6-8-24(15-23)31-38-18-26(19-39-31)44-20-22-11-13-40(14-12-22)34(43)45-35(2,3)4/h6-10,15-19,21-22H,11-14,20H2,1-4H3/t21-/m0/s1. The largest absolute Gasteiger partial charge is 0.490 e. The van der Waals surface area contributed by atoms with Crippen LogP contribution in [0.3, 0.4) is 0 Å². The molecular weight excluding hydrogens is 605 g/mol. The average molecular weight is 640 g/mol. The summed E-state index contributed by atoms with van der Waals surface area (Å²) in [4.78, 5) is 40.4. The highest BCUT2D eigenvalue weighted by Gasteiger charge is 2.27. The maximum atomic E-state index is 15.0. The van der Waals surface area contributed by atoms with E-state index in [0.717, 1.165) is 34.1 Å². The van der Waals surface area contributed by atoms with E-state index in [0.29, 0.717) is 53.1 Å². The predicted molar refractivity (Wildman–Crippen MR) is 177 cm³/mol. The molecule has 236 valence electrons. The van der Waals surface area contributed by atoms with Crippen LogP contribution in [0.1, 0.15) is 52.1 Å². The summed E-state index contributed by atoms with van der Waals surface area (Å²) >= 11 is 1.41. The number of likely N-dealkylation sites (tertiary alicyclic amines) is 1. The normalized spacial score (nSPS) is 14.7. The van der Waals surface area contributed by atoms with Gasteiger partial charge in [0.25, 0.3) is 5.56 Å². The number of rotatable bonds is 6. The van der Waals surface area contributed by atoms with Gasteiger partial charge in [0.05, 0.1) is 31.6 Å². The van der Waals surface area contributed by atoms with Crippen LogP contribution in [0.5, 0.6) is 5.75 Å². The number of fused-ring (bicyclic) bond motifs is 3. The van der Waals surface area contributed by atoms with Crippen molar-refractivity contribution in [2.24, 2.45) is 5.92 Å². The van der Waals surface area contributed by atoms with Crippen molar-refractivity contribution in [2.45, 2.75) is 52.2 Å². The van der Waals surface area contributed by atoms with Crippen LogP contribution in [-0.2, 0) is 4.74 Å². The number of thiophene rings is 1.